The highest BCUT2D eigenvalue weighted by atomic mass is 16.3. The van der Waals surface area contributed by atoms with Crippen LogP contribution >= 0.6 is 0 Å². The van der Waals surface area contributed by atoms with Crippen molar-refractivity contribution in [3.05, 3.63) is 35.9 Å². The molecule has 1 atom stereocenters. The van der Waals surface area contributed by atoms with Gasteiger partial charge in [0.1, 0.15) is 6.04 Å². The van der Waals surface area contributed by atoms with Crippen molar-refractivity contribution in [1.29, 1.82) is 0 Å². The van der Waals surface area contributed by atoms with E-state index in [0.717, 1.165) is 31.7 Å². The standard InChI is InChI=1S/C16H25N3O2/c1-17(2)16(21)15(14-6-4-3-5-7-14)19-10-8-18(9-11-19)12-13-20/h3-7,15,20H,8-13H2,1-2H3/t15-/m0/s1. The summed E-state index contributed by atoms with van der Waals surface area (Å²) >= 11 is 0. The van der Waals surface area contributed by atoms with E-state index in [0.29, 0.717) is 6.54 Å². The van der Waals surface area contributed by atoms with Crippen molar-refractivity contribution < 1.29 is 9.90 Å². The zero-order valence-electron chi connectivity index (χ0n) is 12.9. The van der Waals surface area contributed by atoms with E-state index in [1.807, 2.05) is 30.3 Å². The van der Waals surface area contributed by atoms with Gasteiger partial charge in [-0.15, -0.1) is 0 Å². The van der Waals surface area contributed by atoms with E-state index >= 15 is 0 Å². The molecule has 0 unspecified atom stereocenters. The number of likely N-dealkylation sites (N-methyl/N-ethyl adjacent to an activating group) is 1. The zero-order valence-corrected chi connectivity index (χ0v) is 12.9. The summed E-state index contributed by atoms with van der Waals surface area (Å²) in [5, 5.41) is 9.02. The Balaban J connectivity index is 2.12. The first-order chi connectivity index (χ1) is 10.1. The van der Waals surface area contributed by atoms with Gasteiger partial charge in [0.25, 0.3) is 0 Å². The second-order valence-electron chi connectivity index (χ2n) is 5.65. The molecule has 1 saturated heterocycles. The Bertz CT molecular complexity index is 442. The van der Waals surface area contributed by atoms with E-state index < -0.39 is 0 Å². The van der Waals surface area contributed by atoms with Crippen LogP contribution in [0.5, 0.6) is 0 Å². The number of aliphatic hydroxyl groups is 1. The minimum absolute atomic E-state index is 0.122. The molecule has 2 rings (SSSR count). The Labute approximate surface area is 126 Å². The number of aliphatic hydroxyl groups excluding tert-OH is 1. The molecule has 1 aromatic carbocycles. The molecule has 0 bridgehead atoms. The first-order valence-corrected chi connectivity index (χ1v) is 7.47. The van der Waals surface area contributed by atoms with Gasteiger partial charge in [-0.25, -0.2) is 0 Å². The SMILES string of the molecule is CN(C)C(=O)[C@H](c1ccccc1)N1CCN(CCO)CC1. The number of rotatable bonds is 5. The average Bonchev–Trinajstić information content (AvgIpc) is 2.50. The van der Waals surface area contributed by atoms with Gasteiger partial charge >= 0.3 is 0 Å². The molecular formula is C16H25N3O2. The smallest absolute Gasteiger partial charge is 0.244 e. The maximum atomic E-state index is 12.6. The molecule has 1 N–H and O–H groups in total. The van der Waals surface area contributed by atoms with E-state index in [1.54, 1.807) is 19.0 Å². The summed E-state index contributed by atoms with van der Waals surface area (Å²) in [5.74, 6) is 0.122. The van der Waals surface area contributed by atoms with E-state index in [1.165, 1.54) is 0 Å². The fourth-order valence-electron chi connectivity index (χ4n) is 2.78. The van der Waals surface area contributed by atoms with Crippen molar-refractivity contribution in [2.24, 2.45) is 0 Å². The number of β-amino-alcohol motifs (C(OH)–C–C–N with tert-alkyl or cyclic N) is 1. The number of piperazine rings is 1. The fraction of sp³-hybridized carbons (Fsp3) is 0.562. The summed E-state index contributed by atoms with van der Waals surface area (Å²) in [6.07, 6.45) is 0. The van der Waals surface area contributed by atoms with Crippen LogP contribution in [0.15, 0.2) is 30.3 Å². The lowest BCUT2D eigenvalue weighted by molar-refractivity contribution is -0.135. The maximum absolute atomic E-state index is 12.6. The number of carbonyl (C=O) groups excluding carboxylic acids is 1. The first-order valence-electron chi connectivity index (χ1n) is 7.47. The lowest BCUT2D eigenvalue weighted by atomic mass is 10.0. The summed E-state index contributed by atoms with van der Waals surface area (Å²) < 4.78 is 0. The maximum Gasteiger partial charge on any atom is 0.244 e. The van der Waals surface area contributed by atoms with Crippen LogP contribution in [-0.4, -0.2) is 79.1 Å². The summed E-state index contributed by atoms with van der Waals surface area (Å²) in [6.45, 7) is 4.39. The Hall–Kier alpha value is -1.43. The van der Waals surface area contributed by atoms with Crippen LogP contribution < -0.4 is 0 Å². The zero-order chi connectivity index (χ0) is 15.2. The van der Waals surface area contributed by atoms with Crippen molar-refractivity contribution >= 4 is 5.91 Å². The van der Waals surface area contributed by atoms with Crippen LogP contribution in [0.25, 0.3) is 0 Å². The molecule has 0 spiro atoms. The Morgan fingerprint density at radius 1 is 1.19 bits per heavy atom. The molecular weight excluding hydrogens is 266 g/mol. The van der Waals surface area contributed by atoms with Crippen LogP contribution in [0.3, 0.4) is 0 Å². The summed E-state index contributed by atoms with van der Waals surface area (Å²) in [6, 6.07) is 9.76. The third-order valence-electron chi connectivity index (χ3n) is 3.98. The van der Waals surface area contributed by atoms with Gasteiger partial charge in [0, 0.05) is 46.8 Å². The molecule has 1 amide bonds. The van der Waals surface area contributed by atoms with E-state index in [-0.39, 0.29) is 18.6 Å². The van der Waals surface area contributed by atoms with Gasteiger partial charge < -0.3 is 10.0 Å². The van der Waals surface area contributed by atoms with E-state index in [4.69, 9.17) is 5.11 Å². The number of carbonyl (C=O) groups is 1. The van der Waals surface area contributed by atoms with Gasteiger partial charge in [-0.1, -0.05) is 30.3 Å². The van der Waals surface area contributed by atoms with Crippen molar-refractivity contribution in [3.63, 3.8) is 0 Å². The molecule has 0 aromatic heterocycles. The summed E-state index contributed by atoms with van der Waals surface area (Å²) in [7, 11) is 3.61. The minimum Gasteiger partial charge on any atom is -0.395 e. The van der Waals surface area contributed by atoms with Gasteiger partial charge in [-0.05, 0) is 5.56 Å². The Morgan fingerprint density at radius 3 is 2.33 bits per heavy atom. The van der Waals surface area contributed by atoms with E-state index in [9.17, 15) is 4.79 Å². The molecule has 1 heterocycles. The number of hydrogen-bond acceptors (Lipinski definition) is 4. The summed E-state index contributed by atoms with van der Waals surface area (Å²) in [4.78, 5) is 18.7. The molecule has 1 aromatic rings. The second-order valence-corrected chi connectivity index (χ2v) is 5.65. The molecule has 21 heavy (non-hydrogen) atoms. The Kier molecular flexibility index (Phi) is 5.73. The monoisotopic (exact) mass is 291 g/mol. The van der Waals surface area contributed by atoms with Gasteiger partial charge in [-0.3, -0.25) is 14.6 Å². The van der Waals surface area contributed by atoms with E-state index in [2.05, 4.69) is 9.80 Å². The highest BCUT2D eigenvalue weighted by Gasteiger charge is 2.31. The average molecular weight is 291 g/mol. The van der Waals surface area contributed by atoms with Crippen molar-refractivity contribution in [2.45, 2.75) is 6.04 Å². The minimum atomic E-state index is -0.211. The van der Waals surface area contributed by atoms with Crippen molar-refractivity contribution in [3.8, 4) is 0 Å². The molecule has 0 saturated carbocycles. The molecule has 0 radical (unpaired) electrons. The van der Waals surface area contributed by atoms with Crippen LogP contribution in [0.2, 0.25) is 0 Å². The summed E-state index contributed by atoms with van der Waals surface area (Å²) in [5.41, 5.74) is 1.05. The largest absolute Gasteiger partial charge is 0.395 e. The van der Waals surface area contributed by atoms with Crippen molar-refractivity contribution in [1.82, 2.24) is 14.7 Å². The highest BCUT2D eigenvalue weighted by molar-refractivity contribution is 5.82. The number of benzene rings is 1. The van der Waals surface area contributed by atoms with Gasteiger partial charge in [0.2, 0.25) is 5.91 Å². The van der Waals surface area contributed by atoms with Crippen LogP contribution in [0, 0.1) is 0 Å². The molecule has 5 nitrogen and oxygen atoms in total. The normalized spacial score (nSPS) is 18.4. The highest BCUT2D eigenvalue weighted by Crippen LogP contribution is 2.23. The quantitative estimate of drug-likeness (QED) is 0.854. The van der Waals surface area contributed by atoms with Crippen molar-refractivity contribution in [2.75, 3.05) is 53.4 Å². The number of nitrogens with zero attached hydrogens (tertiary/aromatic N) is 3. The molecule has 116 valence electrons. The van der Waals surface area contributed by atoms with Crippen LogP contribution in [-0.2, 0) is 4.79 Å². The molecule has 1 aliphatic rings. The van der Waals surface area contributed by atoms with Crippen LogP contribution in [0.1, 0.15) is 11.6 Å². The predicted molar refractivity (Wildman–Crippen MR) is 83.0 cm³/mol. The lowest BCUT2D eigenvalue weighted by Gasteiger charge is -2.39. The third-order valence-corrected chi connectivity index (χ3v) is 3.98. The first kappa shape index (κ1) is 15.9. The lowest BCUT2D eigenvalue weighted by Crippen LogP contribution is -2.51. The Morgan fingerprint density at radius 2 is 1.81 bits per heavy atom. The predicted octanol–water partition coefficient (Wildman–Crippen LogP) is 0.426. The topological polar surface area (TPSA) is 47.0 Å². The van der Waals surface area contributed by atoms with Crippen LogP contribution in [0.4, 0.5) is 0 Å². The molecule has 1 fully saturated rings. The van der Waals surface area contributed by atoms with Gasteiger partial charge in [0.05, 0.1) is 6.61 Å². The number of amides is 1. The second kappa shape index (κ2) is 7.54. The third kappa shape index (κ3) is 4.03. The van der Waals surface area contributed by atoms with Gasteiger partial charge in [0.15, 0.2) is 0 Å². The molecule has 5 heteroatoms. The molecule has 1 aliphatic heterocycles. The van der Waals surface area contributed by atoms with Gasteiger partial charge in [-0.2, -0.15) is 0 Å². The number of hydrogen-bond donors (Lipinski definition) is 1. The molecule has 0 aliphatic carbocycles. The fourth-order valence-corrected chi connectivity index (χ4v) is 2.78.